The molecule has 5 rings (SSSR count). The fraction of sp³-hybridized carbons (Fsp3) is 0.257. The number of carbonyl (C=O) groups excluding carboxylic acids is 3. The van der Waals surface area contributed by atoms with E-state index in [1.165, 1.54) is 28.7 Å². The van der Waals surface area contributed by atoms with Crippen molar-refractivity contribution >= 4 is 104 Å². The third-order valence-electron chi connectivity index (χ3n) is 7.84. The van der Waals surface area contributed by atoms with Crippen molar-refractivity contribution < 1.29 is 29.0 Å². The quantitative estimate of drug-likeness (QED) is 0.0561. The number of ether oxygens (including phenoxy) is 1. The number of thiophene rings is 1. The molecule has 0 bridgehead atoms. The molecule has 0 spiro atoms. The van der Waals surface area contributed by atoms with Crippen LogP contribution in [0.25, 0.3) is 0 Å². The van der Waals surface area contributed by atoms with Gasteiger partial charge in [0.05, 0.1) is 48.6 Å². The second kappa shape index (κ2) is 16.8. The van der Waals surface area contributed by atoms with Crippen molar-refractivity contribution in [3.8, 4) is 0 Å². The maximum atomic E-state index is 13.7. The van der Waals surface area contributed by atoms with Gasteiger partial charge in [-0.2, -0.15) is 0 Å². The lowest BCUT2D eigenvalue weighted by atomic mass is 10.0. The molecule has 2 amide bonds. The van der Waals surface area contributed by atoms with Gasteiger partial charge in [0.1, 0.15) is 5.00 Å². The molecule has 15 heteroatoms. The maximum absolute atomic E-state index is 13.7. The van der Waals surface area contributed by atoms with Crippen molar-refractivity contribution in [3.05, 3.63) is 107 Å². The maximum Gasteiger partial charge on any atom is 0.341 e. The first-order valence-corrected chi connectivity index (χ1v) is 18.7. The Labute approximate surface area is 317 Å². The molecule has 1 aliphatic rings. The molecule has 3 N–H and O–H groups in total. The molecule has 9 nitrogen and oxygen atoms in total. The minimum Gasteiger partial charge on any atom is -0.478 e. The van der Waals surface area contributed by atoms with Gasteiger partial charge in [0, 0.05) is 35.1 Å². The minimum absolute atomic E-state index is 0.208. The van der Waals surface area contributed by atoms with E-state index in [0.29, 0.717) is 40.5 Å². The standard InChI is InChI=1S/C35H31Cl4N3O6S2/c1-3-22(49-20-12-8-11-19(15-20)40-32(44)25-26(34(45)46)28(37)30(39)29(38)27(25)36)31(43)41-33-24(35(47)48-4-2)21-13-14-42(17-23(21)50-33)16-18-9-6-5-7-10-18/h5-12,15,22H,3-4,13-14,16-17H2,1-2H3,(H,40,44)(H,41,43)(H,45,46). The Bertz CT molecular complexity index is 1960. The molecule has 262 valence electrons. The molecule has 0 aliphatic carbocycles. The lowest BCUT2D eigenvalue weighted by Gasteiger charge is -2.27. The summed E-state index contributed by atoms with van der Waals surface area (Å²) in [6.45, 7) is 6.02. The van der Waals surface area contributed by atoms with Crippen LogP contribution >= 0.6 is 69.5 Å². The topological polar surface area (TPSA) is 125 Å². The van der Waals surface area contributed by atoms with E-state index in [0.717, 1.165) is 23.5 Å². The van der Waals surface area contributed by atoms with E-state index in [2.05, 4.69) is 27.7 Å². The Morgan fingerprint density at radius 3 is 2.28 bits per heavy atom. The fourth-order valence-corrected chi connectivity index (χ4v) is 8.82. The molecular formula is C35H31Cl4N3O6S2. The van der Waals surface area contributed by atoms with Crippen LogP contribution in [0, 0.1) is 0 Å². The van der Waals surface area contributed by atoms with Crippen molar-refractivity contribution in [2.24, 2.45) is 0 Å². The summed E-state index contributed by atoms with van der Waals surface area (Å²) < 4.78 is 5.40. The van der Waals surface area contributed by atoms with Gasteiger partial charge in [-0.15, -0.1) is 23.1 Å². The Morgan fingerprint density at radius 1 is 0.920 bits per heavy atom. The smallest absolute Gasteiger partial charge is 0.341 e. The van der Waals surface area contributed by atoms with E-state index in [1.54, 1.807) is 31.2 Å². The molecular weight excluding hydrogens is 764 g/mol. The van der Waals surface area contributed by atoms with Gasteiger partial charge in [0.25, 0.3) is 5.91 Å². The van der Waals surface area contributed by atoms with Crippen LogP contribution in [0.2, 0.25) is 20.1 Å². The number of carboxylic acid groups (broad SMARTS) is 1. The summed E-state index contributed by atoms with van der Waals surface area (Å²) in [5.41, 5.74) is 1.79. The predicted molar refractivity (Wildman–Crippen MR) is 201 cm³/mol. The first kappa shape index (κ1) is 38.0. The normalized spacial score (nSPS) is 13.3. The van der Waals surface area contributed by atoms with Crippen LogP contribution in [0.5, 0.6) is 0 Å². The molecule has 1 aliphatic heterocycles. The lowest BCUT2D eigenvalue weighted by molar-refractivity contribution is -0.115. The summed E-state index contributed by atoms with van der Waals surface area (Å²) in [4.78, 5) is 56.1. The van der Waals surface area contributed by atoms with Crippen LogP contribution in [0.1, 0.15) is 67.3 Å². The second-order valence-corrected chi connectivity index (χ2v) is 15.1. The highest BCUT2D eigenvalue weighted by Crippen LogP contribution is 2.42. The number of nitrogens with one attached hydrogen (secondary N) is 2. The van der Waals surface area contributed by atoms with Gasteiger partial charge < -0.3 is 20.5 Å². The van der Waals surface area contributed by atoms with E-state index in [-0.39, 0.29) is 27.6 Å². The molecule has 1 atom stereocenters. The summed E-state index contributed by atoms with van der Waals surface area (Å²) in [5.74, 6) is -3.13. The third-order valence-corrected chi connectivity index (χ3v) is 12.1. The first-order chi connectivity index (χ1) is 23.9. The number of thioether (sulfide) groups is 1. The Morgan fingerprint density at radius 2 is 1.62 bits per heavy atom. The summed E-state index contributed by atoms with van der Waals surface area (Å²) in [5, 5.41) is 14.0. The molecule has 3 aromatic carbocycles. The zero-order valence-corrected chi connectivity index (χ0v) is 31.4. The largest absolute Gasteiger partial charge is 0.478 e. The minimum atomic E-state index is -1.51. The number of aromatic carboxylic acids is 1. The van der Waals surface area contributed by atoms with Crippen LogP contribution in [0.4, 0.5) is 10.7 Å². The highest BCUT2D eigenvalue weighted by Gasteiger charge is 2.32. The number of carbonyl (C=O) groups is 4. The second-order valence-electron chi connectivity index (χ2n) is 11.2. The molecule has 0 fully saturated rings. The average molecular weight is 796 g/mol. The van der Waals surface area contributed by atoms with Gasteiger partial charge in [0.15, 0.2) is 0 Å². The van der Waals surface area contributed by atoms with Crippen LogP contribution in [0.15, 0.2) is 59.5 Å². The van der Waals surface area contributed by atoms with Gasteiger partial charge in [-0.25, -0.2) is 9.59 Å². The highest BCUT2D eigenvalue weighted by atomic mass is 35.5. The third kappa shape index (κ3) is 8.42. The van der Waals surface area contributed by atoms with E-state index in [9.17, 15) is 24.3 Å². The van der Waals surface area contributed by atoms with Crippen molar-refractivity contribution in [1.29, 1.82) is 0 Å². The van der Waals surface area contributed by atoms with Crippen LogP contribution in [0.3, 0.4) is 0 Å². The number of fused-ring (bicyclic) bond motifs is 1. The number of rotatable bonds is 12. The summed E-state index contributed by atoms with van der Waals surface area (Å²) in [6, 6.07) is 16.9. The Kier molecular flexibility index (Phi) is 12.8. The number of anilines is 2. The Balaban J connectivity index is 1.33. The van der Waals surface area contributed by atoms with Crippen molar-refractivity contribution in [3.63, 3.8) is 0 Å². The summed E-state index contributed by atoms with van der Waals surface area (Å²) in [7, 11) is 0. The SMILES string of the molecule is CCOC(=O)c1c(NC(=O)C(CC)Sc2cccc(NC(=O)c3c(Cl)c(Cl)c(Cl)c(Cl)c3C(=O)O)c2)sc2c1CCN(Cc1ccccc1)C2. The van der Waals surface area contributed by atoms with Gasteiger partial charge >= 0.3 is 11.9 Å². The van der Waals surface area contributed by atoms with Gasteiger partial charge in [-0.05, 0) is 49.1 Å². The number of hydrogen-bond acceptors (Lipinski definition) is 8. The van der Waals surface area contributed by atoms with E-state index >= 15 is 0 Å². The molecule has 0 saturated carbocycles. The zero-order chi connectivity index (χ0) is 36.1. The molecule has 0 saturated heterocycles. The van der Waals surface area contributed by atoms with E-state index in [1.807, 2.05) is 25.1 Å². The fourth-order valence-electron chi connectivity index (χ4n) is 5.51. The summed E-state index contributed by atoms with van der Waals surface area (Å²) >= 11 is 27.2. The number of nitrogens with zero attached hydrogens (tertiary/aromatic N) is 1. The Hall–Kier alpha value is -3.29. The molecule has 50 heavy (non-hydrogen) atoms. The molecule has 4 aromatic rings. The number of benzene rings is 3. The van der Waals surface area contributed by atoms with Crippen molar-refractivity contribution in [2.45, 2.75) is 49.9 Å². The van der Waals surface area contributed by atoms with Crippen LogP contribution < -0.4 is 10.6 Å². The molecule has 0 radical (unpaired) electrons. The number of halogens is 4. The predicted octanol–water partition coefficient (Wildman–Crippen LogP) is 9.56. The zero-order valence-electron chi connectivity index (χ0n) is 26.8. The van der Waals surface area contributed by atoms with Gasteiger partial charge in [-0.3, -0.25) is 14.5 Å². The monoisotopic (exact) mass is 793 g/mol. The lowest BCUT2D eigenvalue weighted by Crippen LogP contribution is -2.30. The summed E-state index contributed by atoms with van der Waals surface area (Å²) in [6.07, 6.45) is 1.11. The number of amides is 2. The number of hydrogen-bond donors (Lipinski definition) is 3. The van der Waals surface area contributed by atoms with Gasteiger partial charge in [-0.1, -0.05) is 89.7 Å². The highest BCUT2D eigenvalue weighted by molar-refractivity contribution is 8.00. The molecule has 1 aromatic heterocycles. The molecule has 1 unspecified atom stereocenters. The van der Waals surface area contributed by atoms with Gasteiger partial charge in [0.2, 0.25) is 5.91 Å². The van der Waals surface area contributed by atoms with Crippen LogP contribution in [-0.4, -0.2) is 52.2 Å². The van der Waals surface area contributed by atoms with E-state index in [4.69, 9.17) is 51.1 Å². The van der Waals surface area contributed by atoms with Crippen LogP contribution in [-0.2, 0) is 29.0 Å². The first-order valence-electron chi connectivity index (χ1n) is 15.5. The number of esters is 1. The van der Waals surface area contributed by atoms with Crippen molar-refractivity contribution in [1.82, 2.24) is 4.90 Å². The molecule has 2 heterocycles. The number of carboxylic acids is 1. The van der Waals surface area contributed by atoms with E-state index < -0.39 is 39.2 Å². The average Bonchev–Trinajstić information content (AvgIpc) is 3.45. The van der Waals surface area contributed by atoms with Crippen molar-refractivity contribution in [2.75, 3.05) is 23.8 Å².